The van der Waals surface area contributed by atoms with Gasteiger partial charge in [-0.1, -0.05) is 24.6 Å². The lowest BCUT2D eigenvalue weighted by Crippen LogP contribution is -2.70. The molecular weight excluding hydrogens is 614 g/mol. The van der Waals surface area contributed by atoms with Crippen molar-refractivity contribution < 1.29 is 37.8 Å². The van der Waals surface area contributed by atoms with Crippen LogP contribution in [0.4, 0.5) is 14.5 Å². The summed E-state index contributed by atoms with van der Waals surface area (Å²) in [4.78, 5) is 46.0. The Morgan fingerprint density at radius 1 is 1.23 bits per heavy atom. The molecule has 4 aliphatic carbocycles. The van der Waals surface area contributed by atoms with Gasteiger partial charge in [0.05, 0.1) is 18.3 Å². The fraction of sp³-hybridized carbons (Fsp3) is 0.594. The first kappa shape index (κ1) is 30.3. The molecule has 0 spiro atoms. The maximum Gasteiger partial charge on any atom is 0.334 e. The van der Waals surface area contributed by atoms with E-state index in [0.717, 1.165) is 11.8 Å². The van der Waals surface area contributed by atoms with Crippen LogP contribution in [-0.2, 0) is 24.0 Å². The number of hydroxylamine groups is 1. The Bertz CT molecular complexity index is 1470. The number of carbonyl (C=O) groups excluding carboxylic acids is 3. The molecule has 0 aromatic heterocycles. The smallest absolute Gasteiger partial charge is 0.334 e. The number of anilines is 1. The summed E-state index contributed by atoms with van der Waals surface area (Å²) in [5.41, 5.74) is -5.80. The molecule has 3 saturated carbocycles. The lowest BCUT2D eigenvalue weighted by Gasteiger charge is -2.63. The molecule has 8 nitrogen and oxygen atoms in total. The van der Waals surface area contributed by atoms with Crippen molar-refractivity contribution in [1.29, 1.82) is 0 Å². The summed E-state index contributed by atoms with van der Waals surface area (Å²) >= 11 is 7.51. The van der Waals surface area contributed by atoms with Gasteiger partial charge in [0.25, 0.3) is 0 Å². The normalized spacial score (nSPS) is 44.0. The summed E-state index contributed by atoms with van der Waals surface area (Å²) in [6.07, 6.45) is 0.598. The summed E-state index contributed by atoms with van der Waals surface area (Å²) in [5.74, 6) is -2.64. The number of halogens is 3. The van der Waals surface area contributed by atoms with E-state index in [1.165, 1.54) is 23.9 Å². The van der Waals surface area contributed by atoms with Crippen LogP contribution in [0.1, 0.15) is 33.1 Å². The Morgan fingerprint density at radius 3 is 2.68 bits per heavy atom. The highest BCUT2D eigenvalue weighted by Gasteiger charge is 2.79. The van der Waals surface area contributed by atoms with E-state index in [2.05, 4.69) is 5.32 Å². The molecule has 1 aromatic carbocycles. The number of aliphatic hydroxyl groups excluding tert-OH is 1. The first-order chi connectivity index (χ1) is 20.8. The van der Waals surface area contributed by atoms with E-state index in [1.807, 2.05) is 6.92 Å². The van der Waals surface area contributed by atoms with Crippen LogP contribution in [-0.4, -0.2) is 77.0 Å². The molecule has 236 valence electrons. The second-order valence-electron chi connectivity index (χ2n) is 13.4. The van der Waals surface area contributed by atoms with E-state index < -0.39 is 81.6 Å². The number of hydrogen-bond donors (Lipinski definition) is 2. The van der Waals surface area contributed by atoms with Crippen molar-refractivity contribution in [3.63, 3.8) is 0 Å². The van der Waals surface area contributed by atoms with E-state index >= 15 is 8.78 Å². The zero-order chi connectivity index (χ0) is 31.2. The Kier molecular flexibility index (Phi) is 7.14. The van der Waals surface area contributed by atoms with Crippen LogP contribution < -0.4 is 10.4 Å². The highest BCUT2D eigenvalue weighted by Crippen LogP contribution is 2.72. The minimum Gasteiger partial charge on any atom is -0.456 e. The largest absolute Gasteiger partial charge is 0.456 e. The van der Waals surface area contributed by atoms with Gasteiger partial charge in [-0.25, -0.2) is 13.6 Å². The van der Waals surface area contributed by atoms with E-state index in [4.69, 9.17) is 21.2 Å². The van der Waals surface area contributed by atoms with Crippen molar-refractivity contribution in [2.75, 3.05) is 30.5 Å². The van der Waals surface area contributed by atoms with E-state index in [1.54, 1.807) is 36.3 Å². The number of nitrogens with one attached hydrogen (secondary N) is 1. The van der Waals surface area contributed by atoms with Crippen molar-refractivity contribution in [2.24, 2.45) is 28.6 Å². The van der Waals surface area contributed by atoms with Crippen molar-refractivity contribution in [3.8, 4) is 0 Å². The van der Waals surface area contributed by atoms with Crippen LogP contribution in [0.3, 0.4) is 0 Å². The molecule has 0 bridgehead atoms. The number of carbonyl (C=O) groups is 3. The fourth-order valence-corrected chi connectivity index (χ4v) is 10.4. The summed E-state index contributed by atoms with van der Waals surface area (Å²) in [6, 6.07) is 6.96. The lowest BCUT2D eigenvalue weighted by molar-refractivity contribution is -0.228. The topological polar surface area (TPSA) is 105 Å². The monoisotopic (exact) mass is 648 g/mol. The predicted molar refractivity (Wildman–Crippen MR) is 160 cm³/mol. The molecule has 7 rings (SSSR count). The number of ether oxygens (including phenoxy) is 1. The van der Waals surface area contributed by atoms with Crippen LogP contribution in [0.25, 0.3) is 0 Å². The Hall–Kier alpha value is -2.31. The van der Waals surface area contributed by atoms with E-state index in [-0.39, 0.29) is 25.0 Å². The van der Waals surface area contributed by atoms with Gasteiger partial charge in [-0.3, -0.25) is 24.8 Å². The third-order valence-electron chi connectivity index (χ3n) is 11.4. The highest BCUT2D eigenvalue weighted by molar-refractivity contribution is 8.00. The summed E-state index contributed by atoms with van der Waals surface area (Å²) in [7, 11) is 0. The lowest BCUT2D eigenvalue weighted by atomic mass is 9.44. The number of thioether (sulfide) groups is 1. The SMILES string of the molecule is C[C@]12C=CC(=O)C=C1[C@@H](F)C[C@H]1[C@@H]3C[C@H]4CN(c5ccc(Cl)cc5)O[C@@]4(C(=O)COC(=O)C4NCCS4)[C@@]3(C)C[C@H](O)[C@@]12F. The molecule has 0 radical (unpaired) electrons. The van der Waals surface area contributed by atoms with Gasteiger partial charge in [-0.15, -0.1) is 11.8 Å². The van der Waals surface area contributed by atoms with Gasteiger partial charge in [0.2, 0.25) is 5.78 Å². The Morgan fingerprint density at radius 2 is 1.98 bits per heavy atom. The van der Waals surface area contributed by atoms with Gasteiger partial charge in [-0.2, -0.15) is 0 Å². The number of rotatable bonds is 5. The molecule has 10 atom stereocenters. The van der Waals surface area contributed by atoms with Gasteiger partial charge in [0.15, 0.2) is 29.0 Å². The molecule has 12 heteroatoms. The Labute approximate surface area is 263 Å². The van der Waals surface area contributed by atoms with Crippen molar-refractivity contribution in [1.82, 2.24) is 5.32 Å². The minimum atomic E-state index is -2.28. The standard InChI is InChI=1S/C32H35ClF2N2O6S/c1-29-8-7-20(38)12-23(29)24(34)13-22-21-11-17-15-37(19-5-3-18(33)4-6-19)43-32(17,30(21,2)14-25(39)31(22,29)35)26(40)16-42-28(41)27-36-9-10-44-27/h3-8,12,17,21-22,24-25,27,36,39H,9-11,13-16H2,1-2H3/t17-,21-,22-,24-,25-,27?,29-,30-,31-,32-/m0/s1. The number of allylic oxidation sites excluding steroid dienone is 4. The van der Waals surface area contributed by atoms with Crippen LogP contribution in [0.15, 0.2) is 48.1 Å². The van der Waals surface area contributed by atoms with Gasteiger partial charge < -0.3 is 9.84 Å². The highest BCUT2D eigenvalue weighted by atomic mass is 35.5. The summed E-state index contributed by atoms with van der Waals surface area (Å²) < 4.78 is 39.1. The average molecular weight is 649 g/mol. The molecule has 2 aliphatic heterocycles. The number of nitrogens with zero attached hydrogens (tertiary/aromatic N) is 1. The van der Waals surface area contributed by atoms with Gasteiger partial charge >= 0.3 is 5.97 Å². The number of alkyl halides is 2. The summed E-state index contributed by atoms with van der Waals surface area (Å²) in [6.45, 7) is 3.76. The molecule has 2 N–H and O–H groups in total. The molecule has 5 fully saturated rings. The molecule has 1 aromatic rings. The van der Waals surface area contributed by atoms with Crippen molar-refractivity contribution in [3.05, 3.63) is 53.1 Å². The van der Waals surface area contributed by atoms with Crippen LogP contribution in [0.2, 0.25) is 5.02 Å². The zero-order valence-corrected chi connectivity index (χ0v) is 26.0. The molecule has 44 heavy (non-hydrogen) atoms. The Balaban J connectivity index is 1.27. The van der Waals surface area contributed by atoms with Crippen LogP contribution in [0, 0.1) is 28.6 Å². The van der Waals surface area contributed by atoms with Crippen molar-refractivity contribution >= 4 is 46.6 Å². The maximum atomic E-state index is 17.7. The summed E-state index contributed by atoms with van der Waals surface area (Å²) in [5, 5.41) is 16.4. The van der Waals surface area contributed by atoms with E-state index in [0.29, 0.717) is 23.7 Å². The van der Waals surface area contributed by atoms with Gasteiger partial charge in [0, 0.05) is 40.0 Å². The molecule has 2 heterocycles. The second-order valence-corrected chi connectivity index (χ2v) is 15.0. The molecular formula is C32H35ClF2N2O6S. The first-order valence-electron chi connectivity index (χ1n) is 15.1. The quantitative estimate of drug-likeness (QED) is 0.456. The van der Waals surface area contributed by atoms with E-state index in [9.17, 15) is 19.5 Å². The molecule has 2 saturated heterocycles. The average Bonchev–Trinajstić information content (AvgIpc) is 3.71. The number of Topliss-reactive ketones (excluding diaryl/α,β-unsaturated/α-hetero) is 1. The minimum absolute atomic E-state index is 0.0471. The second kappa shape index (κ2) is 10.4. The van der Waals surface area contributed by atoms with Gasteiger partial charge in [0.1, 0.15) is 6.17 Å². The number of benzene rings is 1. The third kappa shape index (κ3) is 4.01. The van der Waals surface area contributed by atoms with Crippen LogP contribution >= 0.6 is 23.4 Å². The van der Waals surface area contributed by atoms with Crippen LogP contribution in [0.5, 0.6) is 0 Å². The zero-order valence-electron chi connectivity index (χ0n) is 24.4. The number of esters is 1. The molecule has 6 aliphatic rings. The maximum absolute atomic E-state index is 17.7. The van der Waals surface area contributed by atoms with Gasteiger partial charge in [-0.05, 0) is 74.1 Å². The number of hydrogen-bond acceptors (Lipinski definition) is 9. The first-order valence-corrected chi connectivity index (χ1v) is 16.5. The predicted octanol–water partition coefficient (Wildman–Crippen LogP) is 4.15. The molecule has 0 amide bonds. The third-order valence-corrected chi connectivity index (χ3v) is 12.8. The molecule has 1 unspecified atom stereocenters. The number of fused-ring (bicyclic) bond motifs is 7. The van der Waals surface area contributed by atoms with Crippen molar-refractivity contribution in [2.45, 2.75) is 62.0 Å². The fourth-order valence-electron chi connectivity index (χ4n) is 9.41. The number of aliphatic hydroxyl groups is 1. The number of ketones is 2.